The summed E-state index contributed by atoms with van der Waals surface area (Å²) in [5.41, 5.74) is 7.82. The van der Waals surface area contributed by atoms with Crippen LogP contribution in [0, 0.1) is 5.82 Å². The quantitative estimate of drug-likeness (QED) is 0.805. The number of anilines is 1. The Labute approximate surface area is 95.1 Å². The van der Waals surface area contributed by atoms with Crippen molar-refractivity contribution < 1.29 is 4.39 Å². The second-order valence-corrected chi connectivity index (χ2v) is 3.92. The number of benzene rings is 1. The van der Waals surface area contributed by atoms with Crippen LogP contribution < -0.4 is 5.73 Å². The molecule has 2 aromatic rings. The smallest absolute Gasteiger partial charge is 0.123 e. The molecule has 2 rings (SSSR count). The van der Waals surface area contributed by atoms with E-state index in [1.54, 1.807) is 24.4 Å². The number of pyridine rings is 1. The van der Waals surface area contributed by atoms with E-state index in [4.69, 9.17) is 5.73 Å². The molecule has 0 aliphatic heterocycles. The average molecular weight is 267 g/mol. The lowest BCUT2D eigenvalue weighted by Crippen LogP contribution is -1.92. The number of hydrogen-bond acceptors (Lipinski definition) is 2. The highest BCUT2D eigenvalue weighted by Crippen LogP contribution is 2.27. The fourth-order valence-corrected chi connectivity index (χ4v) is 1.68. The van der Waals surface area contributed by atoms with E-state index in [-0.39, 0.29) is 5.82 Å². The van der Waals surface area contributed by atoms with Crippen LogP contribution in [0.15, 0.2) is 41.1 Å². The van der Waals surface area contributed by atoms with E-state index < -0.39 is 0 Å². The normalized spacial score (nSPS) is 10.3. The molecule has 15 heavy (non-hydrogen) atoms. The van der Waals surface area contributed by atoms with Gasteiger partial charge in [0.1, 0.15) is 10.4 Å². The zero-order valence-electron chi connectivity index (χ0n) is 7.74. The van der Waals surface area contributed by atoms with Crippen molar-refractivity contribution in [3.63, 3.8) is 0 Å². The molecule has 0 spiro atoms. The Morgan fingerprint density at radius 2 is 2.07 bits per heavy atom. The van der Waals surface area contributed by atoms with Crippen LogP contribution in [0.2, 0.25) is 0 Å². The minimum absolute atomic E-state index is 0.278. The van der Waals surface area contributed by atoms with Crippen molar-refractivity contribution in [1.82, 2.24) is 4.98 Å². The third kappa shape index (κ3) is 2.15. The Bertz CT molecular complexity index is 500. The summed E-state index contributed by atoms with van der Waals surface area (Å²) < 4.78 is 13.7. The van der Waals surface area contributed by atoms with Gasteiger partial charge in [0.15, 0.2) is 0 Å². The molecule has 76 valence electrons. The number of hydrogen-bond donors (Lipinski definition) is 1. The molecule has 0 atom stereocenters. The Morgan fingerprint density at radius 1 is 1.27 bits per heavy atom. The van der Waals surface area contributed by atoms with Crippen LogP contribution in [0.5, 0.6) is 0 Å². The van der Waals surface area contributed by atoms with E-state index >= 15 is 0 Å². The number of rotatable bonds is 1. The molecule has 0 bridgehead atoms. The van der Waals surface area contributed by atoms with Gasteiger partial charge in [0.05, 0.1) is 11.9 Å². The average Bonchev–Trinajstić information content (AvgIpc) is 2.22. The summed E-state index contributed by atoms with van der Waals surface area (Å²) in [6, 6.07) is 8.07. The molecule has 0 radical (unpaired) electrons. The number of nitrogen functional groups attached to an aromatic ring is 1. The first kappa shape index (κ1) is 10.1. The van der Waals surface area contributed by atoms with Crippen molar-refractivity contribution in [2.24, 2.45) is 0 Å². The highest BCUT2D eigenvalue weighted by atomic mass is 79.9. The van der Waals surface area contributed by atoms with E-state index in [0.717, 1.165) is 11.1 Å². The van der Waals surface area contributed by atoms with Crippen molar-refractivity contribution >= 4 is 21.6 Å². The van der Waals surface area contributed by atoms with E-state index in [1.807, 2.05) is 0 Å². The van der Waals surface area contributed by atoms with Crippen LogP contribution in [0.1, 0.15) is 0 Å². The first-order chi connectivity index (χ1) is 7.16. The molecule has 2 N–H and O–H groups in total. The van der Waals surface area contributed by atoms with E-state index in [0.29, 0.717) is 10.3 Å². The monoisotopic (exact) mass is 266 g/mol. The second-order valence-electron chi connectivity index (χ2n) is 3.10. The van der Waals surface area contributed by atoms with Crippen LogP contribution in [0.3, 0.4) is 0 Å². The fraction of sp³-hybridized carbons (Fsp3) is 0. The van der Waals surface area contributed by atoms with Gasteiger partial charge in [-0.05, 0) is 39.7 Å². The van der Waals surface area contributed by atoms with Gasteiger partial charge in [0.2, 0.25) is 0 Å². The molecule has 1 heterocycles. The second kappa shape index (κ2) is 3.98. The Hall–Kier alpha value is -1.42. The molecule has 0 aliphatic carbocycles. The molecule has 0 unspecified atom stereocenters. The first-order valence-electron chi connectivity index (χ1n) is 4.34. The minimum Gasteiger partial charge on any atom is -0.397 e. The third-order valence-electron chi connectivity index (χ3n) is 2.04. The van der Waals surface area contributed by atoms with E-state index in [9.17, 15) is 4.39 Å². The maximum atomic E-state index is 13.0. The molecule has 4 heteroatoms. The number of aromatic nitrogens is 1. The molecule has 0 aliphatic rings. The molecule has 2 nitrogen and oxygen atoms in total. The van der Waals surface area contributed by atoms with Gasteiger partial charge in [0.25, 0.3) is 0 Å². The topological polar surface area (TPSA) is 38.9 Å². The van der Waals surface area contributed by atoms with Crippen molar-refractivity contribution in [3.05, 3.63) is 46.9 Å². The molecule has 1 aromatic heterocycles. The number of halogens is 2. The number of nitrogens with zero attached hydrogens (tertiary/aromatic N) is 1. The molecular formula is C11H8BrFN2. The SMILES string of the molecule is Nc1cnc(Br)cc1-c1cccc(F)c1. The van der Waals surface area contributed by atoms with Crippen LogP contribution in [0.25, 0.3) is 11.1 Å². The van der Waals surface area contributed by atoms with E-state index in [1.165, 1.54) is 12.1 Å². The summed E-state index contributed by atoms with van der Waals surface area (Å²) in [7, 11) is 0. The largest absolute Gasteiger partial charge is 0.397 e. The highest BCUT2D eigenvalue weighted by molar-refractivity contribution is 9.10. The lowest BCUT2D eigenvalue weighted by atomic mass is 10.1. The summed E-state index contributed by atoms with van der Waals surface area (Å²) in [5, 5.41) is 0. The molecule has 0 saturated heterocycles. The summed E-state index contributed by atoms with van der Waals surface area (Å²) in [6.07, 6.45) is 1.55. The molecular weight excluding hydrogens is 259 g/mol. The number of nitrogens with two attached hydrogens (primary N) is 1. The van der Waals surface area contributed by atoms with Crippen LogP contribution in [-0.4, -0.2) is 4.98 Å². The summed E-state index contributed by atoms with van der Waals surface area (Å²) in [5.74, 6) is -0.278. The van der Waals surface area contributed by atoms with Gasteiger partial charge in [-0.15, -0.1) is 0 Å². The van der Waals surface area contributed by atoms with Gasteiger partial charge in [-0.25, -0.2) is 9.37 Å². The predicted octanol–water partition coefficient (Wildman–Crippen LogP) is 3.23. The zero-order chi connectivity index (χ0) is 10.8. The molecule has 1 aromatic carbocycles. The van der Waals surface area contributed by atoms with Gasteiger partial charge in [-0.3, -0.25) is 0 Å². The summed E-state index contributed by atoms with van der Waals surface area (Å²) in [4.78, 5) is 3.99. The summed E-state index contributed by atoms with van der Waals surface area (Å²) >= 11 is 3.25. The van der Waals surface area contributed by atoms with Gasteiger partial charge >= 0.3 is 0 Å². The van der Waals surface area contributed by atoms with Gasteiger partial charge in [0, 0.05) is 5.56 Å². The van der Waals surface area contributed by atoms with E-state index in [2.05, 4.69) is 20.9 Å². The maximum absolute atomic E-state index is 13.0. The van der Waals surface area contributed by atoms with Crippen molar-refractivity contribution in [2.45, 2.75) is 0 Å². The zero-order valence-corrected chi connectivity index (χ0v) is 9.33. The Kier molecular flexibility index (Phi) is 2.68. The molecule has 0 fully saturated rings. The van der Waals surface area contributed by atoms with Crippen LogP contribution in [-0.2, 0) is 0 Å². The van der Waals surface area contributed by atoms with Crippen molar-refractivity contribution in [3.8, 4) is 11.1 Å². The van der Waals surface area contributed by atoms with Gasteiger partial charge in [-0.2, -0.15) is 0 Å². The standard InChI is InChI=1S/C11H8BrFN2/c12-11-5-9(10(14)6-15-11)7-2-1-3-8(13)4-7/h1-6H,14H2. The lowest BCUT2D eigenvalue weighted by molar-refractivity contribution is 0.628. The maximum Gasteiger partial charge on any atom is 0.123 e. The molecule has 0 amide bonds. The van der Waals surface area contributed by atoms with Crippen molar-refractivity contribution in [2.75, 3.05) is 5.73 Å². The third-order valence-corrected chi connectivity index (χ3v) is 2.47. The molecule has 0 saturated carbocycles. The Balaban J connectivity index is 2.58. The first-order valence-corrected chi connectivity index (χ1v) is 5.13. The highest BCUT2D eigenvalue weighted by Gasteiger charge is 2.04. The van der Waals surface area contributed by atoms with Crippen molar-refractivity contribution in [1.29, 1.82) is 0 Å². The lowest BCUT2D eigenvalue weighted by Gasteiger charge is -2.05. The fourth-order valence-electron chi connectivity index (χ4n) is 1.35. The van der Waals surface area contributed by atoms with Gasteiger partial charge in [-0.1, -0.05) is 12.1 Å². The van der Waals surface area contributed by atoms with Crippen LogP contribution >= 0.6 is 15.9 Å². The Morgan fingerprint density at radius 3 is 2.80 bits per heavy atom. The predicted molar refractivity (Wildman–Crippen MR) is 61.7 cm³/mol. The van der Waals surface area contributed by atoms with Crippen LogP contribution in [0.4, 0.5) is 10.1 Å². The summed E-state index contributed by atoms with van der Waals surface area (Å²) in [6.45, 7) is 0. The minimum atomic E-state index is -0.278. The van der Waals surface area contributed by atoms with Gasteiger partial charge < -0.3 is 5.73 Å².